The van der Waals surface area contributed by atoms with Crippen LogP contribution in [0.5, 0.6) is 0 Å². The number of hydrogen-bond donors (Lipinski definition) is 1. The second-order valence-corrected chi connectivity index (χ2v) is 5.62. The van der Waals surface area contributed by atoms with E-state index < -0.39 is 17.7 Å². The van der Waals surface area contributed by atoms with Crippen LogP contribution >= 0.6 is 0 Å². The highest BCUT2D eigenvalue weighted by Gasteiger charge is 2.28. The molecule has 0 radical (unpaired) electrons. The number of halogens is 3. The maximum absolute atomic E-state index is 13.5. The van der Waals surface area contributed by atoms with Gasteiger partial charge in [0.1, 0.15) is 17.5 Å². The molecule has 1 unspecified atom stereocenters. The molecular weight excluding hydrogens is 333 g/mol. The molecule has 3 rings (SSSR count). The fourth-order valence-electron chi connectivity index (χ4n) is 2.49. The lowest BCUT2D eigenvalue weighted by atomic mass is 10.0. The van der Waals surface area contributed by atoms with Gasteiger partial charge in [0.15, 0.2) is 0 Å². The zero-order chi connectivity index (χ0) is 17.8. The van der Waals surface area contributed by atoms with Crippen LogP contribution in [0.4, 0.5) is 13.2 Å². The van der Waals surface area contributed by atoms with Gasteiger partial charge in [0, 0.05) is 19.0 Å². The Hall–Kier alpha value is -2.83. The lowest BCUT2D eigenvalue weighted by Crippen LogP contribution is -2.36. The van der Waals surface area contributed by atoms with E-state index in [0.717, 1.165) is 6.07 Å². The van der Waals surface area contributed by atoms with Crippen LogP contribution in [0, 0.1) is 17.5 Å². The van der Waals surface area contributed by atoms with Crippen LogP contribution in [0.3, 0.4) is 0 Å². The lowest BCUT2D eigenvalue weighted by Gasteiger charge is -2.10. The Morgan fingerprint density at radius 2 is 1.84 bits per heavy atom. The van der Waals surface area contributed by atoms with E-state index in [1.165, 1.54) is 24.3 Å². The zero-order valence-electron chi connectivity index (χ0n) is 13.1. The third-order valence-electron chi connectivity index (χ3n) is 3.85. The Kier molecular flexibility index (Phi) is 5.02. The van der Waals surface area contributed by atoms with Crippen molar-refractivity contribution in [2.24, 2.45) is 5.16 Å². The minimum absolute atomic E-state index is 0.188. The number of amides is 1. The monoisotopic (exact) mass is 348 g/mol. The molecule has 0 aromatic heterocycles. The van der Waals surface area contributed by atoms with Gasteiger partial charge >= 0.3 is 0 Å². The predicted molar refractivity (Wildman–Crippen MR) is 85.5 cm³/mol. The van der Waals surface area contributed by atoms with Crippen molar-refractivity contribution in [1.29, 1.82) is 0 Å². The quantitative estimate of drug-likeness (QED) is 0.903. The largest absolute Gasteiger partial charge is 0.382 e. The standard InChI is InChI=1S/C18H15F3N2O2/c19-13-4-2-12(3-5-13)16-10-17(25-23-16)18(24)22-8-7-11-1-6-14(20)9-15(11)21/h1-6,9,17H,7-8,10H2,(H,22,24). The number of benzene rings is 2. The summed E-state index contributed by atoms with van der Waals surface area (Å²) in [6, 6.07) is 9.07. The molecule has 2 aromatic rings. The molecule has 1 atom stereocenters. The maximum Gasteiger partial charge on any atom is 0.264 e. The Labute approximate surface area is 142 Å². The summed E-state index contributed by atoms with van der Waals surface area (Å²) in [7, 11) is 0. The van der Waals surface area contributed by atoms with Gasteiger partial charge in [-0.3, -0.25) is 4.79 Å². The van der Waals surface area contributed by atoms with Crippen LogP contribution < -0.4 is 5.32 Å². The molecule has 0 spiro atoms. The summed E-state index contributed by atoms with van der Waals surface area (Å²) >= 11 is 0. The number of carbonyl (C=O) groups excluding carboxylic acids is 1. The highest BCUT2D eigenvalue weighted by atomic mass is 19.1. The highest BCUT2D eigenvalue weighted by molar-refractivity contribution is 6.04. The van der Waals surface area contributed by atoms with Crippen LogP contribution in [-0.4, -0.2) is 24.3 Å². The fraction of sp³-hybridized carbons (Fsp3) is 0.222. The first kappa shape index (κ1) is 17.0. The molecule has 1 aliphatic rings. The van der Waals surface area contributed by atoms with E-state index in [4.69, 9.17) is 4.84 Å². The fourth-order valence-corrected chi connectivity index (χ4v) is 2.49. The predicted octanol–water partition coefficient (Wildman–Crippen LogP) is 2.96. The van der Waals surface area contributed by atoms with E-state index in [-0.39, 0.29) is 31.1 Å². The van der Waals surface area contributed by atoms with Gasteiger partial charge in [0.05, 0.1) is 5.71 Å². The number of rotatable bonds is 5. The van der Waals surface area contributed by atoms with Crippen LogP contribution in [0.1, 0.15) is 17.5 Å². The number of carbonyl (C=O) groups is 1. The average molecular weight is 348 g/mol. The number of nitrogens with one attached hydrogen (secondary N) is 1. The first-order valence-corrected chi connectivity index (χ1v) is 7.73. The Balaban J connectivity index is 1.49. The molecule has 1 heterocycles. The SMILES string of the molecule is O=C(NCCc1ccc(F)cc1F)C1CC(c2ccc(F)cc2)=NO1. The van der Waals surface area contributed by atoms with E-state index in [9.17, 15) is 18.0 Å². The molecule has 0 saturated carbocycles. The lowest BCUT2D eigenvalue weighted by molar-refractivity contribution is -0.131. The van der Waals surface area contributed by atoms with Crippen molar-refractivity contribution < 1.29 is 22.8 Å². The summed E-state index contributed by atoms with van der Waals surface area (Å²) in [5.41, 5.74) is 1.56. The molecule has 4 nitrogen and oxygen atoms in total. The molecular formula is C18H15F3N2O2. The van der Waals surface area contributed by atoms with Gasteiger partial charge in [-0.05, 0) is 35.7 Å². The molecule has 2 aromatic carbocycles. The minimum atomic E-state index is -0.780. The molecule has 1 amide bonds. The second kappa shape index (κ2) is 7.38. The van der Waals surface area contributed by atoms with Crippen LogP contribution in [0.2, 0.25) is 0 Å². The number of oxime groups is 1. The topological polar surface area (TPSA) is 50.7 Å². The smallest absolute Gasteiger partial charge is 0.264 e. The van der Waals surface area contributed by atoms with Gasteiger partial charge < -0.3 is 10.2 Å². The summed E-state index contributed by atoms with van der Waals surface area (Å²) in [5, 5.41) is 6.50. The Morgan fingerprint density at radius 1 is 1.12 bits per heavy atom. The van der Waals surface area contributed by atoms with Gasteiger partial charge in [-0.2, -0.15) is 0 Å². The average Bonchev–Trinajstić information content (AvgIpc) is 3.07. The summed E-state index contributed by atoms with van der Waals surface area (Å²) in [4.78, 5) is 17.2. The molecule has 7 heteroatoms. The first-order valence-electron chi connectivity index (χ1n) is 7.73. The van der Waals surface area contributed by atoms with Gasteiger partial charge in [0.25, 0.3) is 5.91 Å². The highest BCUT2D eigenvalue weighted by Crippen LogP contribution is 2.17. The number of nitrogens with zero attached hydrogens (tertiary/aromatic N) is 1. The van der Waals surface area contributed by atoms with Crippen LogP contribution in [0.15, 0.2) is 47.6 Å². The van der Waals surface area contributed by atoms with Crippen molar-refractivity contribution in [3.05, 3.63) is 71.0 Å². The normalized spacial score (nSPS) is 16.3. The second-order valence-electron chi connectivity index (χ2n) is 5.62. The van der Waals surface area contributed by atoms with Crippen molar-refractivity contribution in [3.8, 4) is 0 Å². The molecule has 1 N–H and O–H groups in total. The van der Waals surface area contributed by atoms with Crippen molar-refractivity contribution in [2.45, 2.75) is 18.9 Å². The van der Waals surface area contributed by atoms with E-state index in [2.05, 4.69) is 10.5 Å². The molecule has 0 bridgehead atoms. The van der Waals surface area contributed by atoms with E-state index in [1.807, 2.05) is 0 Å². The minimum Gasteiger partial charge on any atom is -0.382 e. The Bertz CT molecular complexity index is 806. The molecule has 0 aliphatic carbocycles. The summed E-state index contributed by atoms with van der Waals surface area (Å²) in [5.74, 6) is -2.02. The van der Waals surface area contributed by atoms with Gasteiger partial charge in [0.2, 0.25) is 6.10 Å². The zero-order valence-corrected chi connectivity index (χ0v) is 13.1. The van der Waals surface area contributed by atoms with Crippen LogP contribution in [-0.2, 0) is 16.1 Å². The maximum atomic E-state index is 13.5. The van der Waals surface area contributed by atoms with Crippen molar-refractivity contribution in [1.82, 2.24) is 5.32 Å². The molecule has 0 saturated heterocycles. The molecule has 25 heavy (non-hydrogen) atoms. The van der Waals surface area contributed by atoms with Gasteiger partial charge in [-0.1, -0.05) is 23.4 Å². The molecule has 0 fully saturated rings. The van der Waals surface area contributed by atoms with Crippen molar-refractivity contribution in [2.75, 3.05) is 6.54 Å². The van der Waals surface area contributed by atoms with E-state index in [0.29, 0.717) is 16.8 Å². The molecule has 1 aliphatic heterocycles. The third-order valence-corrected chi connectivity index (χ3v) is 3.85. The Morgan fingerprint density at radius 3 is 2.56 bits per heavy atom. The first-order chi connectivity index (χ1) is 12.0. The summed E-state index contributed by atoms with van der Waals surface area (Å²) in [6.45, 7) is 0.188. The van der Waals surface area contributed by atoms with Crippen molar-refractivity contribution in [3.63, 3.8) is 0 Å². The summed E-state index contributed by atoms with van der Waals surface area (Å²) < 4.78 is 39.3. The van der Waals surface area contributed by atoms with E-state index in [1.54, 1.807) is 12.1 Å². The van der Waals surface area contributed by atoms with Crippen LogP contribution in [0.25, 0.3) is 0 Å². The van der Waals surface area contributed by atoms with Crippen molar-refractivity contribution >= 4 is 11.6 Å². The van der Waals surface area contributed by atoms with E-state index >= 15 is 0 Å². The summed E-state index contributed by atoms with van der Waals surface area (Å²) in [6.07, 6.45) is -0.281. The van der Waals surface area contributed by atoms with Gasteiger partial charge in [-0.15, -0.1) is 0 Å². The molecule has 130 valence electrons. The third kappa shape index (κ3) is 4.17. The number of hydrogen-bond acceptors (Lipinski definition) is 3. The van der Waals surface area contributed by atoms with Gasteiger partial charge in [-0.25, -0.2) is 13.2 Å².